The molecule has 0 saturated carbocycles. The molecule has 0 bridgehead atoms. The monoisotopic (exact) mass is 298 g/mol. The summed E-state index contributed by atoms with van der Waals surface area (Å²) < 4.78 is 0. The van der Waals surface area contributed by atoms with E-state index in [4.69, 9.17) is 0 Å². The van der Waals surface area contributed by atoms with Crippen molar-refractivity contribution in [2.75, 3.05) is 5.33 Å². The third-order valence-corrected chi connectivity index (χ3v) is 3.10. The molecule has 0 aromatic heterocycles. The number of unbranched alkanes of at least 4 members (excludes halogenated alkanes) is 6. The molecule has 0 rings (SSSR count). The third-order valence-electron chi connectivity index (χ3n) is 2.54. The predicted molar refractivity (Wildman–Crippen MR) is 83.8 cm³/mol. The van der Waals surface area contributed by atoms with Gasteiger partial charge in [0, 0.05) is 5.33 Å². The molecule has 0 aromatic rings. The fourth-order valence-corrected chi connectivity index (χ4v) is 1.95. The lowest BCUT2D eigenvalue weighted by atomic mass is 10.1. The maximum atomic E-state index is 3.46. The molecule has 0 saturated heterocycles. The fraction of sp³-hybridized carbons (Fsp3) is 0.625. The largest absolute Gasteiger partial charge is 0.0928 e. The Kier molecular flexibility index (Phi) is 13.5. The molecule has 17 heavy (non-hydrogen) atoms. The second-order valence-electron chi connectivity index (χ2n) is 4.66. The maximum absolute atomic E-state index is 3.46. The quantitative estimate of drug-likeness (QED) is 0.256. The van der Waals surface area contributed by atoms with E-state index < -0.39 is 0 Å². The predicted octanol–water partition coefficient (Wildman–Crippen LogP) is 6.19. The number of alkyl halides is 1. The highest BCUT2D eigenvalue weighted by molar-refractivity contribution is 9.09. The average Bonchev–Trinajstić information content (AvgIpc) is 2.30. The van der Waals surface area contributed by atoms with Gasteiger partial charge < -0.3 is 0 Å². The van der Waals surface area contributed by atoms with Crippen LogP contribution in [0.15, 0.2) is 36.0 Å². The van der Waals surface area contributed by atoms with Gasteiger partial charge in [0.05, 0.1) is 0 Å². The van der Waals surface area contributed by atoms with Crippen LogP contribution in [0, 0.1) is 0 Å². The van der Waals surface area contributed by atoms with Crippen LogP contribution < -0.4 is 0 Å². The standard InChI is InChI=1S/C16H27Br/c1-16(2)14-12-10-8-6-4-3-5-7-9-11-13-15-17/h6,8,10,12,14H,3-5,7,9,11,13,15H2,1-2H3. The van der Waals surface area contributed by atoms with Crippen molar-refractivity contribution < 1.29 is 0 Å². The molecule has 0 atom stereocenters. The molecule has 1 heteroatoms. The lowest BCUT2D eigenvalue weighted by Gasteiger charge is -1.98. The Bertz CT molecular complexity index is 232. The van der Waals surface area contributed by atoms with Gasteiger partial charge in [-0.1, -0.05) is 77.6 Å². The van der Waals surface area contributed by atoms with Crippen LogP contribution in [0.1, 0.15) is 58.8 Å². The van der Waals surface area contributed by atoms with E-state index in [0.717, 1.165) is 5.33 Å². The maximum Gasteiger partial charge on any atom is 0.00313 e. The number of halogens is 1. The Hall–Kier alpha value is -0.300. The Labute approximate surface area is 116 Å². The summed E-state index contributed by atoms with van der Waals surface area (Å²) >= 11 is 3.46. The molecule has 0 nitrogen and oxygen atoms in total. The van der Waals surface area contributed by atoms with Crippen LogP contribution >= 0.6 is 15.9 Å². The van der Waals surface area contributed by atoms with Crippen LogP contribution in [0.5, 0.6) is 0 Å². The van der Waals surface area contributed by atoms with Crippen LogP contribution in [0.2, 0.25) is 0 Å². The van der Waals surface area contributed by atoms with Crippen LogP contribution in [0.25, 0.3) is 0 Å². The average molecular weight is 299 g/mol. The van der Waals surface area contributed by atoms with E-state index in [9.17, 15) is 0 Å². The zero-order chi connectivity index (χ0) is 12.8. The van der Waals surface area contributed by atoms with E-state index in [-0.39, 0.29) is 0 Å². The van der Waals surface area contributed by atoms with Crippen molar-refractivity contribution in [3.63, 3.8) is 0 Å². The molecule has 0 N–H and O–H groups in total. The highest BCUT2D eigenvalue weighted by atomic mass is 79.9. The minimum atomic E-state index is 1.16. The second-order valence-corrected chi connectivity index (χ2v) is 5.45. The van der Waals surface area contributed by atoms with Gasteiger partial charge in [-0.15, -0.1) is 0 Å². The molecular formula is C16H27Br. The van der Waals surface area contributed by atoms with Crippen LogP contribution in [0.3, 0.4) is 0 Å². The first-order valence-corrected chi connectivity index (χ1v) is 7.92. The van der Waals surface area contributed by atoms with Gasteiger partial charge in [0.25, 0.3) is 0 Å². The number of rotatable bonds is 10. The van der Waals surface area contributed by atoms with Crippen molar-refractivity contribution in [1.82, 2.24) is 0 Å². The van der Waals surface area contributed by atoms with Crippen molar-refractivity contribution >= 4 is 15.9 Å². The number of allylic oxidation sites excluding steroid dienone is 6. The minimum absolute atomic E-state index is 1.16. The first-order chi connectivity index (χ1) is 8.27. The minimum Gasteiger partial charge on any atom is -0.0928 e. The lowest BCUT2D eigenvalue weighted by Crippen LogP contribution is -1.79. The summed E-state index contributed by atoms with van der Waals surface area (Å²) in [5.41, 5.74) is 1.35. The van der Waals surface area contributed by atoms with Crippen LogP contribution in [0.4, 0.5) is 0 Å². The van der Waals surface area contributed by atoms with E-state index in [1.54, 1.807) is 0 Å². The van der Waals surface area contributed by atoms with Crippen molar-refractivity contribution in [3.05, 3.63) is 36.0 Å². The Morgan fingerprint density at radius 2 is 1.47 bits per heavy atom. The molecule has 98 valence electrons. The third kappa shape index (κ3) is 15.7. The van der Waals surface area contributed by atoms with E-state index >= 15 is 0 Å². The Morgan fingerprint density at radius 1 is 0.824 bits per heavy atom. The lowest BCUT2D eigenvalue weighted by molar-refractivity contribution is 0.614. The van der Waals surface area contributed by atoms with Gasteiger partial charge in [-0.05, 0) is 33.1 Å². The van der Waals surface area contributed by atoms with Gasteiger partial charge in [0.15, 0.2) is 0 Å². The van der Waals surface area contributed by atoms with Crippen LogP contribution in [-0.4, -0.2) is 5.33 Å². The van der Waals surface area contributed by atoms with Crippen molar-refractivity contribution in [1.29, 1.82) is 0 Å². The fourth-order valence-electron chi connectivity index (χ4n) is 1.55. The second kappa shape index (κ2) is 13.8. The molecule has 0 fully saturated rings. The highest BCUT2D eigenvalue weighted by Crippen LogP contribution is 2.08. The molecule has 0 aliphatic carbocycles. The topological polar surface area (TPSA) is 0 Å². The van der Waals surface area contributed by atoms with E-state index in [1.165, 1.54) is 50.5 Å². The van der Waals surface area contributed by atoms with Gasteiger partial charge in [0.1, 0.15) is 0 Å². The molecule has 0 heterocycles. The molecule has 0 aliphatic rings. The summed E-state index contributed by atoms with van der Waals surface area (Å²) in [6.45, 7) is 4.23. The van der Waals surface area contributed by atoms with Gasteiger partial charge >= 0.3 is 0 Å². The summed E-state index contributed by atoms with van der Waals surface area (Å²) in [6, 6.07) is 0. The summed E-state index contributed by atoms with van der Waals surface area (Å²) in [7, 11) is 0. The summed E-state index contributed by atoms with van der Waals surface area (Å²) in [5, 5.41) is 1.16. The summed E-state index contributed by atoms with van der Waals surface area (Å²) in [5.74, 6) is 0. The number of hydrogen-bond acceptors (Lipinski definition) is 0. The smallest absolute Gasteiger partial charge is 0.00313 e. The highest BCUT2D eigenvalue weighted by Gasteiger charge is 1.89. The van der Waals surface area contributed by atoms with Gasteiger partial charge in [-0.25, -0.2) is 0 Å². The zero-order valence-corrected chi connectivity index (χ0v) is 13.0. The van der Waals surface area contributed by atoms with E-state index in [0.29, 0.717) is 0 Å². The first kappa shape index (κ1) is 16.7. The molecule has 0 amide bonds. The first-order valence-electron chi connectivity index (χ1n) is 6.80. The van der Waals surface area contributed by atoms with Crippen molar-refractivity contribution in [2.24, 2.45) is 0 Å². The van der Waals surface area contributed by atoms with E-state index in [2.05, 4.69) is 60.2 Å². The van der Waals surface area contributed by atoms with Gasteiger partial charge in [-0.2, -0.15) is 0 Å². The zero-order valence-electron chi connectivity index (χ0n) is 11.4. The molecule has 0 radical (unpaired) electrons. The Balaban J connectivity index is 3.25. The molecule has 0 aliphatic heterocycles. The molecule has 0 spiro atoms. The normalized spacial score (nSPS) is 11.5. The SMILES string of the molecule is CC(C)=CC=CC=CCCCCCCCCBr. The molecule has 0 unspecified atom stereocenters. The van der Waals surface area contributed by atoms with Crippen molar-refractivity contribution in [2.45, 2.75) is 58.8 Å². The summed E-state index contributed by atoms with van der Waals surface area (Å²) in [6.07, 6.45) is 20.2. The van der Waals surface area contributed by atoms with Crippen LogP contribution in [-0.2, 0) is 0 Å². The van der Waals surface area contributed by atoms with Crippen molar-refractivity contribution in [3.8, 4) is 0 Å². The van der Waals surface area contributed by atoms with E-state index in [1.807, 2.05) is 0 Å². The molecular weight excluding hydrogens is 272 g/mol. The Morgan fingerprint density at radius 3 is 2.12 bits per heavy atom. The van der Waals surface area contributed by atoms with Gasteiger partial charge in [0.2, 0.25) is 0 Å². The van der Waals surface area contributed by atoms with Gasteiger partial charge in [-0.3, -0.25) is 0 Å². The molecule has 0 aromatic carbocycles. The number of hydrogen-bond donors (Lipinski definition) is 0. The summed E-state index contributed by atoms with van der Waals surface area (Å²) in [4.78, 5) is 0.